The lowest BCUT2D eigenvalue weighted by molar-refractivity contribution is -0.128. The standard InChI is InChI=1S/C22H23N5O4/c1-2-31-22(30)26-19-9-8-18(12-16(19)13-23)25-21(29)24-17-6-3-5-15(11-17)14-27-10-4-7-20(27)28/h3,5-6,8-9,11-12H,2,4,7,10,14H2,1H3,(H,26,30)(H2,24,25,29). The first-order valence-corrected chi connectivity index (χ1v) is 9.91. The molecule has 4 amide bonds. The normalized spacial score (nSPS) is 12.8. The van der Waals surface area contributed by atoms with Gasteiger partial charge in [0.15, 0.2) is 0 Å². The number of rotatable bonds is 6. The van der Waals surface area contributed by atoms with Gasteiger partial charge < -0.3 is 20.3 Å². The highest BCUT2D eigenvalue weighted by Crippen LogP contribution is 2.21. The van der Waals surface area contributed by atoms with E-state index < -0.39 is 12.1 Å². The number of urea groups is 1. The summed E-state index contributed by atoms with van der Waals surface area (Å²) in [5, 5.41) is 17.2. The van der Waals surface area contributed by atoms with Crippen LogP contribution < -0.4 is 16.0 Å². The maximum absolute atomic E-state index is 12.4. The van der Waals surface area contributed by atoms with Gasteiger partial charge in [0, 0.05) is 30.9 Å². The van der Waals surface area contributed by atoms with Crippen LogP contribution in [0.1, 0.15) is 30.9 Å². The fraction of sp³-hybridized carbons (Fsp3) is 0.273. The Labute approximate surface area is 180 Å². The quantitative estimate of drug-likeness (QED) is 0.653. The molecule has 0 radical (unpaired) electrons. The summed E-state index contributed by atoms with van der Waals surface area (Å²) in [6, 6.07) is 13.3. The van der Waals surface area contributed by atoms with Crippen molar-refractivity contribution in [1.82, 2.24) is 4.90 Å². The van der Waals surface area contributed by atoms with Gasteiger partial charge in [0.1, 0.15) is 6.07 Å². The molecule has 9 heteroatoms. The Morgan fingerprint density at radius 2 is 1.90 bits per heavy atom. The summed E-state index contributed by atoms with van der Waals surface area (Å²) in [6.45, 7) is 3.15. The van der Waals surface area contributed by atoms with Gasteiger partial charge in [-0.2, -0.15) is 5.26 Å². The fourth-order valence-electron chi connectivity index (χ4n) is 3.23. The maximum atomic E-state index is 12.4. The van der Waals surface area contributed by atoms with Crippen molar-refractivity contribution in [2.75, 3.05) is 29.1 Å². The average molecular weight is 421 g/mol. The van der Waals surface area contributed by atoms with Gasteiger partial charge in [-0.15, -0.1) is 0 Å². The molecule has 0 saturated carbocycles. The molecule has 1 aliphatic heterocycles. The zero-order chi connectivity index (χ0) is 22.2. The van der Waals surface area contributed by atoms with Crippen LogP contribution in [0.4, 0.5) is 26.7 Å². The van der Waals surface area contributed by atoms with Crippen molar-refractivity contribution in [1.29, 1.82) is 5.26 Å². The van der Waals surface area contributed by atoms with Crippen LogP contribution in [0.15, 0.2) is 42.5 Å². The number of likely N-dealkylation sites (tertiary alicyclic amines) is 1. The summed E-state index contributed by atoms with van der Waals surface area (Å²) in [6.07, 6.45) is 0.796. The Morgan fingerprint density at radius 1 is 1.13 bits per heavy atom. The van der Waals surface area contributed by atoms with E-state index in [9.17, 15) is 19.6 Å². The lowest BCUT2D eigenvalue weighted by atomic mass is 10.1. The Morgan fingerprint density at radius 3 is 2.58 bits per heavy atom. The lowest BCUT2D eigenvalue weighted by Gasteiger charge is -2.16. The monoisotopic (exact) mass is 421 g/mol. The summed E-state index contributed by atoms with van der Waals surface area (Å²) >= 11 is 0. The molecular formula is C22H23N5O4. The van der Waals surface area contributed by atoms with Gasteiger partial charge in [-0.05, 0) is 49.2 Å². The highest BCUT2D eigenvalue weighted by molar-refractivity contribution is 6.00. The molecule has 0 unspecified atom stereocenters. The Bertz CT molecular complexity index is 1030. The topological polar surface area (TPSA) is 124 Å². The average Bonchev–Trinajstić information content (AvgIpc) is 3.14. The third kappa shape index (κ3) is 5.96. The second kappa shape index (κ2) is 10.1. The number of nitrogens with one attached hydrogen (secondary N) is 3. The van der Waals surface area contributed by atoms with Gasteiger partial charge in [-0.3, -0.25) is 10.1 Å². The molecule has 1 fully saturated rings. The number of anilines is 3. The predicted molar refractivity (Wildman–Crippen MR) is 116 cm³/mol. The number of nitriles is 1. The molecule has 160 valence electrons. The van der Waals surface area contributed by atoms with E-state index >= 15 is 0 Å². The van der Waals surface area contributed by atoms with E-state index in [0.717, 1.165) is 18.5 Å². The number of carbonyl (C=O) groups is 3. The maximum Gasteiger partial charge on any atom is 0.411 e. The van der Waals surface area contributed by atoms with Gasteiger partial charge in [-0.25, -0.2) is 9.59 Å². The molecule has 1 heterocycles. The SMILES string of the molecule is CCOC(=O)Nc1ccc(NC(=O)Nc2cccc(CN3CCCC3=O)c2)cc1C#N. The highest BCUT2D eigenvalue weighted by atomic mass is 16.5. The number of benzene rings is 2. The second-order valence-electron chi connectivity index (χ2n) is 6.92. The Kier molecular flexibility index (Phi) is 7.06. The van der Waals surface area contributed by atoms with Crippen molar-refractivity contribution in [3.8, 4) is 6.07 Å². The molecule has 3 N–H and O–H groups in total. The van der Waals surface area contributed by atoms with Gasteiger partial charge in [0.2, 0.25) is 5.91 Å². The van der Waals surface area contributed by atoms with Gasteiger partial charge >= 0.3 is 12.1 Å². The first-order chi connectivity index (χ1) is 15.0. The largest absolute Gasteiger partial charge is 0.450 e. The number of carbonyl (C=O) groups excluding carboxylic acids is 3. The van der Waals surface area contributed by atoms with Gasteiger partial charge in [0.25, 0.3) is 0 Å². The smallest absolute Gasteiger partial charge is 0.411 e. The number of hydrogen-bond donors (Lipinski definition) is 3. The first-order valence-electron chi connectivity index (χ1n) is 9.91. The van der Waals surface area contributed by atoms with Crippen molar-refractivity contribution >= 4 is 35.1 Å². The Balaban J connectivity index is 1.61. The lowest BCUT2D eigenvalue weighted by Crippen LogP contribution is -2.24. The minimum absolute atomic E-state index is 0.144. The molecule has 3 rings (SSSR count). The van der Waals surface area contributed by atoms with Crippen LogP contribution in [0.3, 0.4) is 0 Å². The van der Waals surface area contributed by atoms with Crippen LogP contribution in [0, 0.1) is 11.3 Å². The van der Waals surface area contributed by atoms with Crippen molar-refractivity contribution < 1.29 is 19.1 Å². The molecule has 0 aromatic heterocycles. The zero-order valence-corrected chi connectivity index (χ0v) is 17.1. The van der Waals surface area contributed by atoms with Crippen molar-refractivity contribution in [3.05, 3.63) is 53.6 Å². The van der Waals surface area contributed by atoms with E-state index in [1.807, 2.05) is 24.3 Å². The van der Waals surface area contributed by atoms with Crippen LogP contribution in [0.25, 0.3) is 0 Å². The minimum Gasteiger partial charge on any atom is -0.450 e. The zero-order valence-electron chi connectivity index (χ0n) is 17.1. The third-order valence-electron chi connectivity index (χ3n) is 4.64. The minimum atomic E-state index is -0.659. The molecule has 0 atom stereocenters. The number of hydrogen-bond acceptors (Lipinski definition) is 5. The van der Waals surface area contributed by atoms with Crippen molar-refractivity contribution in [3.63, 3.8) is 0 Å². The van der Waals surface area contributed by atoms with E-state index in [4.69, 9.17) is 4.74 Å². The molecule has 31 heavy (non-hydrogen) atoms. The Hall–Kier alpha value is -4.06. The van der Waals surface area contributed by atoms with E-state index in [1.54, 1.807) is 24.0 Å². The number of ether oxygens (including phenoxy) is 1. The molecule has 2 aromatic rings. The molecule has 1 saturated heterocycles. The van der Waals surface area contributed by atoms with E-state index in [2.05, 4.69) is 16.0 Å². The number of nitrogens with zero attached hydrogens (tertiary/aromatic N) is 2. The molecule has 2 aromatic carbocycles. The third-order valence-corrected chi connectivity index (χ3v) is 4.64. The first kappa shape index (κ1) is 21.6. The summed E-state index contributed by atoms with van der Waals surface area (Å²) < 4.78 is 4.80. The van der Waals surface area contributed by atoms with Crippen molar-refractivity contribution in [2.24, 2.45) is 0 Å². The summed E-state index contributed by atoms with van der Waals surface area (Å²) in [5.74, 6) is 0.144. The van der Waals surface area contributed by atoms with Crippen LogP contribution in [-0.2, 0) is 16.1 Å². The molecule has 1 aliphatic rings. The van der Waals surface area contributed by atoms with Gasteiger partial charge in [0.05, 0.1) is 17.9 Å². The summed E-state index contributed by atoms with van der Waals surface area (Å²) in [4.78, 5) is 37.5. The van der Waals surface area contributed by atoms with Crippen LogP contribution in [-0.4, -0.2) is 36.1 Å². The fourth-order valence-corrected chi connectivity index (χ4v) is 3.23. The molecule has 0 spiro atoms. The van der Waals surface area contributed by atoms with Crippen LogP contribution >= 0.6 is 0 Å². The highest BCUT2D eigenvalue weighted by Gasteiger charge is 2.20. The molecule has 0 bridgehead atoms. The second-order valence-corrected chi connectivity index (χ2v) is 6.92. The molecule has 0 aliphatic carbocycles. The molecular weight excluding hydrogens is 398 g/mol. The summed E-state index contributed by atoms with van der Waals surface area (Å²) in [5.41, 5.74) is 2.37. The molecule has 9 nitrogen and oxygen atoms in total. The van der Waals surface area contributed by atoms with Crippen LogP contribution in [0.5, 0.6) is 0 Å². The van der Waals surface area contributed by atoms with Crippen LogP contribution in [0.2, 0.25) is 0 Å². The number of amides is 4. The van der Waals surface area contributed by atoms with Gasteiger partial charge in [-0.1, -0.05) is 12.1 Å². The van der Waals surface area contributed by atoms with E-state index in [0.29, 0.717) is 24.3 Å². The van der Waals surface area contributed by atoms with E-state index in [-0.39, 0.29) is 23.8 Å². The predicted octanol–water partition coefficient (Wildman–Crippen LogP) is 3.89. The van der Waals surface area contributed by atoms with Crippen molar-refractivity contribution in [2.45, 2.75) is 26.3 Å². The summed E-state index contributed by atoms with van der Waals surface area (Å²) in [7, 11) is 0. The van der Waals surface area contributed by atoms with E-state index in [1.165, 1.54) is 12.1 Å².